The van der Waals surface area contributed by atoms with Crippen molar-refractivity contribution in [3.8, 4) is 0 Å². The predicted molar refractivity (Wildman–Crippen MR) is 72.4 cm³/mol. The molecule has 104 valence electrons. The lowest BCUT2D eigenvalue weighted by molar-refractivity contribution is 0.0896. The third-order valence-corrected chi connectivity index (χ3v) is 3.83. The molecule has 1 aliphatic carbocycles. The van der Waals surface area contributed by atoms with Gasteiger partial charge in [0.1, 0.15) is 5.03 Å². The number of thioether (sulfide) groups is 1. The summed E-state index contributed by atoms with van der Waals surface area (Å²) in [7, 11) is 0. The number of carbonyl (C=O) groups excluding carboxylic acids is 1. The Kier molecular flexibility index (Phi) is 4.26. The Bertz CT molecular complexity index is 540. The quantitative estimate of drug-likeness (QED) is 0.533. The van der Waals surface area contributed by atoms with E-state index >= 15 is 0 Å². The van der Waals surface area contributed by atoms with Crippen LogP contribution in [-0.4, -0.2) is 39.9 Å². The first-order valence-corrected chi connectivity index (χ1v) is 7.36. The summed E-state index contributed by atoms with van der Waals surface area (Å²) < 4.78 is 0. The Morgan fingerprint density at radius 2 is 2.32 bits per heavy atom. The summed E-state index contributed by atoms with van der Waals surface area (Å²) in [4.78, 5) is 29.7. The van der Waals surface area contributed by atoms with Crippen LogP contribution < -0.4 is 11.0 Å². The molecule has 0 saturated heterocycles. The number of aryl methyl sites for hydroxylation is 1. The van der Waals surface area contributed by atoms with Crippen LogP contribution in [0.3, 0.4) is 0 Å². The van der Waals surface area contributed by atoms with Crippen molar-refractivity contribution < 1.29 is 9.90 Å². The molecule has 1 atom stereocenters. The van der Waals surface area contributed by atoms with Gasteiger partial charge in [-0.25, -0.2) is 4.79 Å². The Morgan fingerprint density at radius 3 is 2.89 bits per heavy atom. The number of H-pyrrole nitrogens is 1. The van der Waals surface area contributed by atoms with Gasteiger partial charge in [-0.1, -0.05) is 0 Å². The van der Waals surface area contributed by atoms with Gasteiger partial charge in [-0.2, -0.15) is 4.98 Å². The number of aromatic nitrogens is 2. The lowest BCUT2D eigenvalue weighted by Crippen LogP contribution is -2.34. The third-order valence-electron chi connectivity index (χ3n) is 3.14. The van der Waals surface area contributed by atoms with Crippen molar-refractivity contribution in [1.82, 2.24) is 15.3 Å². The molecule has 19 heavy (non-hydrogen) atoms. The molecule has 1 aliphatic rings. The first kappa shape index (κ1) is 14.1. The molecule has 0 aromatic carbocycles. The standard InChI is InChI=1S/C12H17N3O3S/c1-6-9(11(19-2)15-12(18)14-6)10(17)13-5-8(16)7-3-4-7/h7-8,16H,3-5H2,1-2H3,(H,13,17)(H,14,15,18). The predicted octanol–water partition coefficient (Wildman–Crippen LogP) is 0.301. The molecule has 1 saturated carbocycles. The molecule has 1 heterocycles. The van der Waals surface area contributed by atoms with E-state index in [4.69, 9.17) is 0 Å². The van der Waals surface area contributed by atoms with Crippen molar-refractivity contribution in [3.63, 3.8) is 0 Å². The van der Waals surface area contributed by atoms with Crippen LogP contribution in [0.5, 0.6) is 0 Å². The maximum atomic E-state index is 12.1. The van der Waals surface area contributed by atoms with Crippen LogP contribution >= 0.6 is 11.8 Å². The number of rotatable bonds is 5. The summed E-state index contributed by atoms with van der Waals surface area (Å²) in [6.07, 6.45) is 3.31. The van der Waals surface area contributed by atoms with Gasteiger partial charge in [0.05, 0.1) is 11.7 Å². The van der Waals surface area contributed by atoms with Crippen LogP contribution in [0.15, 0.2) is 9.82 Å². The van der Waals surface area contributed by atoms with Crippen molar-refractivity contribution in [2.45, 2.75) is 30.9 Å². The molecule has 1 aromatic heterocycles. The average molecular weight is 283 g/mol. The molecule has 1 aromatic rings. The summed E-state index contributed by atoms with van der Waals surface area (Å²) in [6, 6.07) is 0. The fraction of sp³-hybridized carbons (Fsp3) is 0.583. The zero-order chi connectivity index (χ0) is 14.0. The molecule has 0 spiro atoms. The molecule has 1 amide bonds. The van der Waals surface area contributed by atoms with E-state index in [-0.39, 0.29) is 12.5 Å². The minimum absolute atomic E-state index is 0.232. The van der Waals surface area contributed by atoms with E-state index < -0.39 is 11.8 Å². The van der Waals surface area contributed by atoms with Crippen molar-refractivity contribution in [1.29, 1.82) is 0 Å². The fourth-order valence-corrected chi connectivity index (χ4v) is 2.53. The number of nitrogens with zero attached hydrogens (tertiary/aromatic N) is 1. The molecule has 0 bridgehead atoms. The van der Waals surface area contributed by atoms with Crippen LogP contribution in [0.2, 0.25) is 0 Å². The number of carbonyl (C=O) groups is 1. The van der Waals surface area contributed by atoms with E-state index in [2.05, 4.69) is 15.3 Å². The monoisotopic (exact) mass is 283 g/mol. The maximum Gasteiger partial charge on any atom is 0.346 e. The Labute approximate surface area is 115 Å². The highest BCUT2D eigenvalue weighted by Gasteiger charge is 2.30. The number of aliphatic hydroxyl groups excluding tert-OH is 1. The number of hydrogen-bond acceptors (Lipinski definition) is 5. The van der Waals surface area contributed by atoms with Gasteiger partial charge in [-0.05, 0) is 31.9 Å². The second kappa shape index (κ2) is 5.75. The van der Waals surface area contributed by atoms with Gasteiger partial charge in [-0.3, -0.25) is 4.79 Å². The summed E-state index contributed by atoms with van der Waals surface area (Å²) in [5, 5.41) is 12.8. The number of aromatic amines is 1. The first-order valence-electron chi connectivity index (χ1n) is 6.14. The topological polar surface area (TPSA) is 95.1 Å². The van der Waals surface area contributed by atoms with Gasteiger partial charge in [0.2, 0.25) is 0 Å². The number of hydrogen-bond donors (Lipinski definition) is 3. The Balaban J connectivity index is 2.11. The summed E-state index contributed by atoms with van der Waals surface area (Å²) in [6.45, 7) is 1.89. The zero-order valence-corrected chi connectivity index (χ0v) is 11.7. The van der Waals surface area contributed by atoms with Crippen molar-refractivity contribution >= 4 is 17.7 Å². The first-order chi connectivity index (χ1) is 9.02. The van der Waals surface area contributed by atoms with Gasteiger partial charge in [0.15, 0.2) is 0 Å². The lowest BCUT2D eigenvalue weighted by atomic mass is 10.2. The summed E-state index contributed by atoms with van der Waals surface area (Å²) >= 11 is 1.25. The number of nitrogens with one attached hydrogen (secondary N) is 2. The van der Waals surface area contributed by atoms with Crippen LogP contribution in [0.25, 0.3) is 0 Å². The molecule has 3 N–H and O–H groups in total. The molecule has 2 rings (SSSR count). The SMILES string of the molecule is CSc1nc(=O)[nH]c(C)c1C(=O)NCC(O)C1CC1. The molecule has 7 heteroatoms. The molecule has 6 nitrogen and oxygen atoms in total. The normalized spacial score (nSPS) is 16.2. The van der Waals surface area contributed by atoms with Gasteiger partial charge >= 0.3 is 5.69 Å². The minimum atomic E-state index is -0.488. The fourth-order valence-electron chi connectivity index (χ4n) is 1.91. The number of aliphatic hydroxyl groups is 1. The third kappa shape index (κ3) is 3.36. The molecule has 0 aliphatic heterocycles. The summed E-state index contributed by atoms with van der Waals surface area (Å²) in [5.41, 5.74) is 0.397. The maximum absolute atomic E-state index is 12.1. The van der Waals surface area contributed by atoms with Crippen molar-refractivity contribution in [2.75, 3.05) is 12.8 Å². The van der Waals surface area contributed by atoms with Crippen LogP contribution in [0.4, 0.5) is 0 Å². The zero-order valence-electron chi connectivity index (χ0n) is 10.9. The molecule has 1 unspecified atom stereocenters. The highest BCUT2D eigenvalue weighted by atomic mass is 32.2. The smallest absolute Gasteiger partial charge is 0.346 e. The van der Waals surface area contributed by atoms with Gasteiger partial charge < -0.3 is 15.4 Å². The van der Waals surface area contributed by atoms with Gasteiger partial charge in [0, 0.05) is 12.2 Å². The van der Waals surface area contributed by atoms with Gasteiger partial charge in [-0.15, -0.1) is 11.8 Å². The molecular formula is C12H17N3O3S. The van der Waals surface area contributed by atoms with Crippen LogP contribution in [0.1, 0.15) is 28.9 Å². The molecule has 1 fully saturated rings. The Morgan fingerprint density at radius 1 is 1.63 bits per heavy atom. The average Bonchev–Trinajstić information content (AvgIpc) is 3.18. The van der Waals surface area contributed by atoms with Crippen molar-refractivity contribution in [3.05, 3.63) is 21.7 Å². The largest absolute Gasteiger partial charge is 0.391 e. The van der Waals surface area contributed by atoms with Crippen molar-refractivity contribution in [2.24, 2.45) is 5.92 Å². The number of amides is 1. The molecule has 0 radical (unpaired) electrons. The highest BCUT2D eigenvalue weighted by molar-refractivity contribution is 7.98. The van der Waals surface area contributed by atoms with E-state index in [1.807, 2.05) is 0 Å². The lowest BCUT2D eigenvalue weighted by Gasteiger charge is -2.13. The van der Waals surface area contributed by atoms with Gasteiger partial charge in [0.25, 0.3) is 5.91 Å². The minimum Gasteiger partial charge on any atom is -0.391 e. The second-order valence-electron chi connectivity index (χ2n) is 4.67. The summed E-state index contributed by atoms with van der Waals surface area (Å²) in [5.74, 6) is 0.000391. The van der Waals surface area contributed by atoms with E-state index in [1.165, 1.54) is 11.8 Å². The van der Waals surface area contributed by atoms with Crippen LogP contribution in [0, 0.1) is 12.8 Å². The second-order valence-corrected chi connectivity index (χ2v) is 5.46. The van der Waals surface area contributed by atoms with E-state index in [0.717, 1.165) is 12.8 Å². The molecular weight excluding hydrogens is 266 g/mol. The Hall–Kier alpha value is -1.34. The van der Waals surface area contributed by atoms with E-state index in [1.54, 1.807) is 13.2 Å². The highest BCUT2D eigenvalue weighted by Crippen LogP contribution is 2.32. The van der Waals surface area contributed by atoms with Crippen LogP contribution in [-0.2, 0) is 0 Å². The van der Waals surface area contributed by atoms with E-state index in [0.29, 0.717) is 22.2 Å². The van der Waals surface area contributed by atoms with E-state index in [9.17, 15) is 14.7 Å².